The zero-order chi connectivity index (χ0) is 25.8. The highest BCUT2D eigenvalue weighted by Gasteiger charge is 2.45. The van der Waals surface area contributed by atoms with E-state index in [0.717, 1.165) is 60.8 Å². The molecule has 0 amide bonds. The van der Waals surface area contributed by atoms with Crippen LogP contribution < -0.4 is 0 Å². The fourth-order valence-electron chi connectivity index (χ4n) is 6.20. The van der Waals surface area contributed by atoms with Crippen LogP contribution in [0.25, 0.3) is 11.1 Å². The van der Waals surface area contributed by atoms with Crippen molar-refractivity contribution in [2.75, 3.05) is 0 Å². The molecule has 1 saturated heterocycles. The molecule has 0 radical (unpaired) electrons. The van der Waals surface area contributed by atoms with E-state index in [1.54, 1.807) is 12.1 Å². The molecule has 4 heteroatoms. The van der Waals surface area contributed by atoms with E-state index in [1.165, 1.54) is 61.8 Å². The molecule has 198 valence electrons. The molecule has 0 bridgehead atoms. The number of hydrogen-bond acceptors (Lipinski definition) is 2. The van der Waals surface area contributed by atoms with Crippen molar-refractivity contribution >= 4 is 11.1 Å². The molecule has 5 rings (SSSR count). The van der Waals surface area contributed by atoms with Gasteiger partial charge in [-0.15, -0.1) is 0 Å². The topological polar surface area (TPSA) is 18.5 Å². The lowest BCUT2D eigenvalue weighted by Gasteiger charge is -2.25. The summed E-state index contributed by atoms with van der Waals surface area (Å²) in [6, 6.07) is 10.1. The Balaban J connectivity index is 1.59. The molecule has 1 fully saturated rings. The molecule has 0 unspecified atom stereocenters. The molecule has 0 aromatic heterocycles. The van der Waals surface area contributed by atoms with Crippen LogP contribution in [0.3, 0.4) is 0 Å². The maximum atomic E-state index is 14.6. The van der Waals surface area contributed by atoms with E-state index in [2.05, 4.69) is 12.2 Å². The molecule has 0 N–H and O–H groups in total. The Kier molecular flexibility index (Phi) is 8.26. The van der Waals surface area contributed by atoms with Gasteiger partial charge >= 0.3 is 0 Å². The highest BCUT2D eigenvalue weighted by molar-refractivity contribution is 5.71. The molecule has 2 atom stereocenters. The van der Waals surface area contributed by atoms with Crippen LogP contribution in [0.2, 0.25) is 0 Å². The van der Waals surface area contributed by atoms with Gasteiger partial charge in [0.05, 0.1) is 0 Å². The molecule has 1 heterocycles. The first kappa shape index (κ1) is 26.3. The predicted octanol–water partition coefficient (Wildman–Crippen LogP) is 10.0. The number of ether oxygens (including phenoxy) is 2. The average molecular weight is 507 g/mol. The van der Waals surface area contributed by atoms with Crippen molar-refractivity contribution < 1.29 is 18.3 Å². The fraction of sp³-hybridized carbons (Fsp3) is 0.515. The Morgan fingerprint density at radius 2 is 1.05 bits per heavy atom. The molecule has 37 heavy (non-hydrogen) atoms. The van der Waals surface area contributed by atoms with Crippen molar-refractivity contribution in [1.82, 2.24) is 0 Å². The molecule has 0 saturated carbocycles. The maximum Gasteiger partial charge on any atom is 0.164 e. The fourth-order valence-corrected chi connectivity index (χ4v) is 6.20. The van der Waals surface area contributed by atoms with Crippen molar-refractivity contribution in [2.45, 2.75) is 109 Å². The second kappa shape index (κ2) is 11.6. The molecule has 1 aliphatic heterocycles. The lowest BCUT2D eigenvalue weighted by molar-refractivity contribution is -0.147. The van der Waals surface area contributed by atoms with Crippen molar-refractivity contribution in [1.29, 1.82) is 0 Å². The third-order valence-corrected chi connectivity index (χ3v) is 8.01. The summed E-state index contributed by atoms with van der Waals surface area (Å²) in [5, 5.41) is 0. The van der Waals surface area contributed by atoms with Crippen LogP contribution in [0, 0.1) is 11.6 Å². The lowest BCUT2D eigenvalue weighted by atomic mass is 9.85. The van der Waals surface area contributed by atoms with Gasteiger partial charge in [-0.25, -0.2) is 8.78 Å². The first-order chi connectivity index (χ1) is 17.9. The van der Waals surface area contributed by atoms with Crippen molar-refractivity contribution in [3.05, 3.63) is 82.4 Å². The van der Waals surface area contributed by atoms with Gasteiger partial charge < -0.3 is 9.47 Å². The zero-order valence-corrected chi connectivity index (χ0v) is 22.3. The van der Waals surface area contributed by atoms with Crippen LogP contribution in [-0.2, 0) is 9.47 Å². The number of benzene rings is 2. The van der Waals surface area contributed by atoms with E-state index >= 15 is 0 Å². The Morgan fingerprint density at radius 1 is 0.622 bits per heavy atom. The van der Waals surface area contributed by atoms with E-state index in [9.17, 15) is 8.78 Å². The van der Waals surface area contributed by atoms with Crippen molar-refractivity contribution in [3.63, 3.8) is 0 Å². The van der Waals surface area contributed by atoms with Crippen LogP contribution in [0.4, 0.5) is 8.78 Å². The summed E-state index contributed by atoms with van der Waals surface area (Å²) in [5.74, 6) is -1.30. The van der Waals surface area contributed by atoms with Gasteiger partial charge in [0.15, 0.2) is 5.79 Å². The number of rotatable bonds is 4. The minimum atomic E-state index is -0.822. The van der Waals surface area contributed by atoms with Gasteiger partial charge in [0.25, 0.3) is 0 Å². The SMILES string of the molecule is CC1(C)O[C@H](c2ccc(F)cc2/C2=C/CCCCCC2)[C@@H](c2ccc(F)cc2/C2=C/CCCCCC2)O1. The van der Waals surface area contributed by atoms with E-state index in [0.29, 0.717) is 0 Å². The minimum absolute atomic E-state index is 0.237. The Labute approximate surface area is 220 Å². The first-order valence-electron chi connectivity index (χ1n) is 14.2. The average Bonchev–Trinajstić information content (AvgIpc) is 3.13. The van der Waals surface area contributed by atoms with Crippen LogP contribution in [0.1, 0.15) is 125 Å². The molecule has 2 nitrogen and oxygen atoms in total. The van der Waals surface area contributed by atoms with Crippen molar-refractivity contribution in [3.8, 4) is 0 Å². The lowest BCUT2D eigenvalue weighted by Crippen LogP contribution is -2.20. The van der Waals surface area contributed by atoms with Gasteiger partial charge in [0, 0.05) is 0 Å². The number of hydrogen-bond donors (Lipinski definition) is 0. The normalized spacial score (nSPS) is 27.7. The van der Waals surface area contributed by atoms with E-state index in [1.807, 2.05) is 26.0 Å². The highest BCUT2D eigenvalue weighted by Crippen LogP contribution is 2.50. The van der Waals surface area contributed by atoms with Crippen LogP contribution in [-0.4, -0.2) is 5.79 Å². The highest BCUT2D eigenvalue weighted by atomic mass is 19.1. The summed E-state index contributed by atoms with van der Waals surface area (Å²) in [6.07, 6.45) is 17.1. The van der Waals surface area contributed by atoms with Gasteiger partial charge in [-0.05, 0) is 123 Å². The molecule has 2 aromatic rings. The zero-order valence-electron chi connectivity index (χ0n) is 22.3. The van der Waals surface area contributed by atoms with Crippen LogP contribution in [0.5, 0.6) is 0 Å². The first-order valence-corrected chi connectivity index (χ1v) is 14.2. The summed E-state index contributed by atoms with van der Waals surface area (Å²) in [6.45, 7) is 3.85. The Morgan fingerprint density at radius 3 is 1.51 bits per heavy atom. The molecular formula is C33H40F2O2. The number of halogens is 2. The van der Waals surface area contributed by atoms with Gasteiger partial charge in [-0.3, -0.25) is 0 Å². The summed E-state index contributed by atoms with van der Waals surface area (Å²) in [4.78, 5) is 0. The van der Waals surface area contributed by atoms with Gasteiger partial charge in [-0.2, -0.15) is 0 Å². The standard InChI is InChI=1S/C33H40F2O2/c1-33(2)36-31(27-19-17-25(34)21-29(27)23-13-9-5-3-6-10-14-23)32(37-33)28-20-18-26(35)22-30(28)24-15-11-7-4-8-12-16-24/h13,15,17-22,31-32H,3-12,14,16H2,1-2H3/b23-13+,24-15+/t31-,32-/m1/s1. The minimum Gasteiger partial charge on any atom is -0.339 e. The number of allylic oxidation sites excluding steroid dienone is 4. The summed E-state index contributed by atoms with van der Waals surface area (Å²) in [5.41, 5.74) is 6.14. The van der Waals surface area contributed by atoms with Gasteiger partial charge in [-0.1, -0.05) is 50.0 Å². The maximum absolute atomic E-state index is 14.6. The monoisotopic (exact) mass is 506 g/mol. The molecule has 3 aliphatic rings. The van der Waals surface area contributed by atoms with E-state index < -0.39 is 18.0 Å². The third kappa shape index (κ3) is 6.23. The third-order valence-electron chi connectivity index (χ3n) is 8.01. The molecular weight excluding hydrogens is 466 g/mol. The smallest absolute Gasteiger partial charge is 0.164 e. The predicted molar refractivity (Wildman–Crippen MR) is 146 cm³/mol. The van der Waals surface area contributed by atoms with Gasteiger partial charge in [0.2, 0.25) is 0 Å². The van der Waals surface area contributed by atoms with Crippen molar-refractivity contribution in [2.24, 2.45) is 0 Å². The largest absolute Gasteiger partial charge is 0.339 e. The Bertz CT molecular complexity index is 1070. The van der Waals surface area contributed by atoms with Gasteiger partial charge in [0.1, 0.15) is 23.8 Å². The summed E-state index contributed by atoms with van der Waals surface area (Å²) >= 11 is 0. The quantitative estimate of drug-likeness (QED) is 0.411. The summed E-state index contributed by atoms with van der Waals surface area (Å²) < 4.78 is 42.4. The van der Waals surface area contributed by atoms with E-state index in [-0.39, 0.29) is 11.6 Å². The van der Waals surface area contributed by atoms with E-state index in [4.69, 9.17) is 9.47 Å². The molecule has 2 aliphatic carbocycles. The molecule has 0 spiro atoms. The second-order valence-corrected chi connectivity index (χ2v) is 11.3. The molecule has 2 aromatic carbocycles. The summed E-state index contributed by atoms with van der Waals surface area (Å²) in [7, 11) is 0. The second-order valence-electron chi connectivity index (χ2n) is 11.3. The van der Waals surface area contributed by atoms with Crippen LogP contribution >= 0.6 is 0 Å². The Hall–Kier alpha value is -2.30. The van der Waals surface area contributed by atoms with Crippen LogP contribution in [0.15, 0.2) is 48.6 Å².